The average molecular weight is 350 g/mol. The molecule has 2 amide bonds. The second-order valence-corrected chi connectivity index (χ2v) is 7.46. The molecule has 2 saturated heterocycles. The van der Waals surface area contributed by atoms with Crippen LogP contribution in [0.1, 0.15) is 25.3 Å². The molecule has 1 aromatic heterocycles. The van der Waals surface area contributed by atoms with Gasteiger partial charge in [0.15, 0.2) is 0 Å². The van der Waals surface area contributed by atoms with Gasteiger partial charge in [0, 0.05) is 32.6 Å². The van der Waals surface area contributed by atoms with Crippen LogP contribution in [0.5, 0.6) is 0 Å². The van der Waals surface area contributed by atoms with Gasteiger partial charge in [-0.3, -0.25) is 14.4 Å². The van der Waals surface area contributed by atoms with Crippen LogP contribution in [0.3, 0.4) is 0 Å². The number of aliphatic carboxylic acids is 1. The maximum atomic E-state index is 12.5. The monoisotopic (exact) mass is 350 g/mol. The zero-order valence-corrected chi connectivity index (χ0v) is 14.6. The Labute approximate surface area is 145 Å². The SMILES string of the molecule is CCCN1C[C@@]2(C(=O)O)CN(C(=O)CCc3ccsc3)C[C@H]2C1=O. The molecule has 0 radical (unpaired) electrons. The van der Waals surface area contributed by atoms with E-state index in [-0.39, 0.29) is 31.4 Å². The number of nitrogens with zero attached hydrogens (tertiary/aromatic N) is 2. The van der Waals surface area contributed by atoms with Gasteiger partial charge >= 0.3 is 5.97 Å². The molecular weight excluding hydrogens is 328 g/mol. The van der Waals surface area contributed by atoms with Gasteiger partial charge in [0.05, 0.1) is 5.92 Å². The molecule has 0 unspecified atom stereocenters. The lowest BCUT2D eigenvalue weighted by Gasteiger charge is -2.25. The van der Waals surface area contributed by atoms with Crippen molar-refractivity contribution in [2.45, 2.75) is 26.2 Å². The fourth-order valence-corrected chi connectivity index (χ4v) is 4.50. The Morgan fingerprint density at radius 1 is 1.42 bits per heavy atom. The molecular formula is C17H22N2O4S. The van der Waals surface area contributed by atoms with Gasteiger partial charge in [0.25, 0.3) is 0 Å². The van der Waals surface area contributed by atoms with Crippen molar-refractivity contribution in [3.05, 3.63) is 22.4 Å². The molecule has 3 rings (SSSR count). The highest BCUT2D eigenvalue weighted by Crippen LogP contribution is 2.43. The third-order valence-electron chi connectivity index (χ3n) is 5.11. The summed E-state index contributed by atoms with van der Waals surface area (Å²) in [4.78, 5) is 40.1. The molecule has 1 aromatic rings. The Bertz CT molecular complexity index is 645. The van der Waals surface area contributed by atoms with E-state index in [1.54, 1.807) is 21.1 Å². The number of likely N-dealkylation sites (tertiary alicyclic amines) is 2. The van der Waals surface area contributed by atoms with Crippen LogP contribution in [0, 0.1) is 11.3 Å². The lowest BCUT2D eigenvalue weighted by molar-refractivity contribution is -0.150. The van der Waals surface area contributed by atoms with E-state index in [0.29, 0.717) is 19.4 Å². The lowest BCUT2D eigenvalue weighted by atomic mass is 9.81. The summed E-state index contributed by atoms with van der Waals surface area (Å²) in [5, 5.41) is 13.7. The number of aryl methyl sites for hydroxylation is 1. The summed E-state index contributed by atoms with van der Waals surface area (Å²) in [6, 6.07) is 1.99. The summed E-state index contributed by atoms with van der Waals surface area (Å²) in [7, 11) is 0. The molecule has 6 nitrogen and oxygen atoms in total. The number of carbonyl (C=O) groups is 3. The quantitative estimate of drug-likeness (QED) is 0.843. The van der Waals surface area contributed by atoms with Crippen LogP contribution in [-0.4, -0.2) is 58.9 Å². The van der Waals surface area contributed by atoms with Crippen LogP contribution in [0.15, 0.2) is 16.8 Å². The first-order valence-corrected chi connectivity index (χ1v) is 9.23. The summed E-state index contributed by atoms with van der Waals surface area (Å²) >= 11 is 1.59. The van der Waals surface area contributed by atoms with Crippen LogP contribution in [0.25, 0.3) is 0 Å². The molecule has 2 atom stereocenters. The number of rotatable bonds is 6. The van der Waals surface area contributed by atoms with Gasteiger partial charge in [0.2, 0.25) is 11.8 Å². The molecule has 0 aromatic carbocycles. The minimum atomic E-state index is -1.13. The first-order chi connectivity index (χ1) is 11.5. The number of carboxylic acid groups (broad SMARTS) is 1. The van der Waals surface area contributed by atoms with E-state index in [1.165, 1.54) is 0 Å². The fraction of sp³-hybridized carbons (Fsp3) is 0.588. The molecule has 7 heteroatoms. The third kappa shape index (κ3) is 2.81. The Balaban J connectivity index is 1.69. The number of carbonyl (C=O) groups excluding carboxylic acids is 2. The van der Waals surface area contributed by atoms with Crippen molar-refractivity contribution < 1.29 is 19.5 Å². The molecule has 2 fully saturated rings. The van der Waals surface area contributed by atoms with Crippen molar-refractivity contribution in [1.82, 2.24) is 9.80 Å². The minimum Gasteiger partial charge on any atom is -0.481 e. The standard InChI is InChI=1S/C17H22N2O4S/c1-2-6-18-10-17(16(22)23)11-19(8-13(17)15(18)21)14(20)4-3-12-5-7-24-9-12/h5,7,9,13H,2-4,6,8,10-11H2,1H3,(H,22,23)/t13-,17+/m0/s1. The van der Waals surface area contributed by atoms with E-state index < -0.39 is 17.3 Å². The van der Waals surface area contributed by atoms with E-state index in [2.05, 4.69) is 0 Å². The average Bonchev–Trinajstić information content (AvgIpc) is 3.24. The summed E-state index contributed by atoms with van der Waals surface area (Å²) < 4.78 is 0. The van der Waals surface area contributed by atoms with Crippen LogP contribution in [-0.2, 0) is 20.8 Å². The smallest absolute Gasteiger partial charge is 0.314 e. The van der Waals surface area contributed by atoms with E-state index in [9.17, 15) is 19.5 Å². The number of hydrogen-bond acceptors (Lipinski definition) is 4. The fourth-order valence-electron chi connectivity index (χ4n) is 3.80. The molecule has 0 aliphatic carbocycles. The van der Waals surface area contributed by atoms with Crippen LogP contribution in [0.4, 0.5) is 0 Å². The first kappa shape index (κ1) is 17.0. The number of fused-ring (bicyclic) bond motifs is 1. The minimum absolute atomic E-state index is 0.0638. The second kappa shape index (κ2) is 6.55. The van der Waals surface area contributed by atoms with Gasteiger partial charge in [-0.05, 0) is 35.2 Å². The molecule has 0 spiro atoms. The van der Waals surface area contributed by atoms with Gasteiger partial charge in [-0.25, -0.2) is 0 Å². The molecule has 2 aliphatic heterocycles. The highest BCUT2D eigenvalue weighted by atomic mass is 32.1. The Morgan fingerprint density at radius 3 is 2.79 bits per heavy atom. The highest BCUT2D eigenvalue weighted by Gasteiger charge is 2.62. The molecule has 1 N–H and O–H groups in total. The number of hydrogen-bond donors (Lipinski definition) is 1. The highest BCUT2D eigenvalue weighted by molar-refractivity contribution is 7.07. The van der Waals surface area contributed by atoms with Gasteiger partial charge < -0.3 is 14.9 Å². The Morgan fingerprint density at radius 2 is 2.21 bits per heavy atom. The van der Waals surface area contributed by atoms with Crippen molar-refractivity contribution in [3.8, 4) is 0 Å². The van der Waals surface area contributed by atoms with Crippen molar-refractivity contribution in [2.24, 2.45) is 11.3 Å². The normalized spacial score (nSPS) is 26.0. The summed E-state index contributed by atoms with van der Waals surface area (Å²) in [6.45, 7) is 3.13. The van der Waals surface area contributed by atoms with Crippen molar-refractivity contribution in [3.63, 3.8) is 0 Å². The van der Waals surface area contributed by atoms with Gasteiger partial charge in [-0.1, -0.05) is 6.92 Å². The van der Waals surface area contributed by atoms with E-state index in [0.717, 1.165) is 12.0 Å². The largest absolute Gasteiger partial charge is 0.481 e. The summed E-state index contributed by atoms with van der Waals surface area (Å²) in [5.74, 6) is -1.75. The topological polar surface area (TPSA) is 77.9 Å². The predicted octanol–water partition coefficient (Wildman–Crippen LogP) is 1.46. The lowest BCUT2D eigenvalue weighted by Crippen LogP contribution is -2.42. The first-order valence-electron chi connectivity index (χ1n) is 8.29. The number of amides is 2. The van der Waals surface area contributed by atoms with Crippen LogP contribution < -0.4 is 0 Å². The molecule has 130 valence electrons. The van der Waals surface area contributed by atoms with Gasteiger partial charge in [-0.15, -0.1) is 0 Å². The molecule has 0 saturated carbocycles. The molecule has 24 heavy (non-hydrogen) atoms. The van der Waals surface area contributed by atoms with E-state index in [4.69, 9.17) is 0 Å². The maximum Gasteiger partial charge on any atom is 0.314 e. The Kier molecular flexibility index (Phi) is 4.62. The van der Waals surface area contributed by atoms with Crippen molar-refractivity contribution in [1.29, 1.82) is 0 Å². The zero-order chi connectivity index (χ0) is 17.3. The molecule has 0 bridgehead atoms. The van der Waals surface area contributed by atoms with Gasteiger partial charge in [0.1, 0.15) is 5.41 Å². The van der Waals surface area contributed by atoms with E-state index in [1.807, 2.05) is 23.8 Å². The van der Waals surface area contributed by atoms with Gasteiger partial charge in [-0.2, -0.15) is 11.3 Å². The van der Waals surface area contributed by atoms with E-state index >= 15 is 0 Å². The second-order valence-electron chi connectivity index (χ2n) is 6.68. The third-order valence-corrected chi connectivity index (χ3v) is 5.84. The Hall–Kier alpha value is -1.89. The van der Waals surface area contributed by atoms with Crippen LogP contribution in [0.2, 0.25) is 0 Å². The van der Waals surface area contributed by atoms with Crippen molar-refractivity contribution in [2.75, 3.05) is 26.2 Å². The predicted molar refractivity (Wildman–Crippen MR) is 89.6 cm³/mol. The maximum absolute atomic E-state index is 12.5. The van der Waals surface area contributed by atoms with Crippen LogP contribution >= 0.6 is 11.3 Å². The summed E-state index contributed by atoms with van der Waals surface area (Å²) in [6.07, 6.45) is 1.81. The molecule has 3 heterocycles. The number of thiophene rings is 1. The zero-order valence-electron chi connectivity index (χ0n) is 13.7. The number of carboxylic acids is 1. The summed E-state index contributed by atoms with van der Waals surface area (Å²) in [5.41, 5.74) is -0.0181. The molecule has 2 aliphatic rings. The van der Waals surface area contributed by atoms with Crippen molar-refractivity contribution >= 4 is 29.1 Å².